The van der Waals surface area contributed by atoms with Crippen LogP contribution in [0.15, 0.2) is 23.2 Å². The number of carbonyl (C=O) groups is 1. The summed E-state index contributed by atoms with van der Waals surface area (Å²) in [5.41, 5.74) is 0.610. The van der Waals surface area contributed by atoms with Crippen molar-refractivity contribution in [3.05, 3.63) is 33.1 Å². The maximum Gasteiger partial charge on any atom is 0.271 e. The largest absolute Gasteiger partial charge is 0.304 e. The van der Waals surface area contributed by atoms with Gasteiger partial charge in [-0.2, -0.15) is 4.99 Å². The maximum absolute atomic E-state index is 11.8. The van der Waals surface area contributed by atoms with Gasteiger partial charge in [0.25, 0.3) is 5.69 Å². The summed E-state index contributed by atoms with van der Waals surface area (Å²) in [5.74, 6) is 2.30. The molecule has 7 heteroatoms. The van der Waals surface area contributed by atoms with Crippen molar-refractivity contribution in [3.8, 4) is 12.3 Å². The van der Waals surface area contributed by atoms with Crippen molar-refractivity contribution < 1.29 is 9.72 Å². The summed E-state index contributed by atoms with van der Waals surface area (Å²) in [4.78, 5) is 26.9. The van der Waals surface area contributed by atoms with Crippen molar-refractivity contribution in [2.75, 3.05) is 0 Å². The average molecular weight is 317 g/mol. The molecule has 0 atom stereocenters. The smallest absolute Gasteiger partial charge is 0.271 e. The molecule has 0 spiro atoms. The summed E-state index contributed by atoms with van der Waals surface area (Å²) in [5, 5.41) is 10.9. The Morgan fingerprint density at radius 3 is 2.95 bits per heavy atom. The number of hydrogen-bond donors (Lipinski definition) is 0. The van der Waals surface area contributed by atoms with Crippen LogP contribution >= 0.6 is 11.3 Å². The predicted molar refractivity (Wildman–Crippen MR) is 85.4 cm³/mol. The molecular weight excluding hydrogens is 302 g/mol. The summed E-state index contributed by atoms with van der Waals surface area (Å²) in [6.45, 7) is 2.21. The molecule has 0 fully saturated rings. The Morgan fingerprint density at radius 2 is 2.32 bits per heavy atom. The Hall–Kier alpha value is -2.46. The van der Waals surface area contributed by atoms with E-state index in [-0.39, 0.29) is 18.1 Å². The molecule has 2 rings (SSSR count). The number of nitro groups is 1. The van der Waals surface area contributed by atoms with Gasteiger partial charge in [0.15, 0.2) is 4.80 Å². The Bertz CT molecular complexity index is 827. The van der Waals surface area contributed by atoms with Gasteiger partial charge in [-0.25, -0.2) is 0 Å². The van der Waals surface area contributed by atoms with E-state index in [0.717, 1.165) is 17.5 Å². The van der Waals surface area contributed by atoms with Crippen molar-refractivity contribution in [1.82, 2.24) is 4.57 Å². The highest BCUT2D eigenvalue weighted by Gasteiger charge is 2.12. The van der Waals surface area contributed by atoms with Crippen molar-refractivity contribution in [2.45, 2.75) is 32.7 Å². The van der Waals surface area contributed by atoms with Gasteiger partial charge in [0.1, 0.15) is 0 Å². The lowest BCUT2D eigenvalue weighted by Gasteiger charge is -1.99. The van der Waals surface area contributed by atoms with E-state index in [4.69, 9.17) is 6.42 Å². The van der Waals surface area contributed by atoms with Crippen molar-refractivity contribution in [2.24, 2.45) is 4.99 Å². The van der Waals surface area contributed by atoms with E-state index in [9.17, 15) is 14.9 Å². The molecule has 0 saturated heterocycles. The quantitative estimate of drug-likeness (QED) is 0.483. The van der Waals surface area contributed by atoms with E-state index >= 15 is 0 Å². The first-order chi connectivity index (χ1) is 10.6. The van der Waals surface area contributed by atoms with Crippen molar-refractivity contribution >= 4 is 33.1 Å². The van der Waals surface area contributed by atoms with Crippen LogP contribution in [0.2, 0.25) is 0 Å². The van der Waals surface area contributed by atoms with Crippen LogP contribution in [0.1, 0.15) is 26.2 Å². The number of unbranched alkanes of at least 4 members (excludes halogenated alkanes) is 1. The van der Waals surface area contributed by atoms with E-state index < -0.39 is 4.92 Å². The monoisotopic (exact) mass is 317 g/mol. The highest BCUT2D eigenvalue weighted by molar-refractivity contribution is 7.16. The van der Waals surface area contributed by atoms with Crippen molar-refractivity contribution in [3.63, 3.8) is 0 Å². The Kier molecular flexibility index (Phi) is 5.07. The summed E-state index contributed by atoms with van der Waals surface area (Å²) in [6, 6.07) is 4.54. The van der Waals surface area contributed by atoms with Crippen LogP contribution in [0.4, 0.5) is 5.69 Å². The third-order valence-corrected chi connectivity index (χ3v) is 4.15. The average Bonchev–Trinajstić information content (AvgIpc) is 2.82. The van der Waals surface area contributed by atoms with Crippen LogP contribution < -0.4 is 4.80 Å². The molecule has 1 amide bonds. The van der Waals surface area contributed by atoms with E-state index in [1.165, 1.54) is 23.5 Å². The molecular formula is C15H15N3O3S. The van der Waals surface area contributed by atoms with Crippen LogP contribution in [0.5, 0.6) is 0 Å². The lowest BCUT2D eigenvalue weighted by molar-refractivity contribution is -0.384. The number of benzene rings is 1. The molecule has 0 N–H and O–H groups in total. The molecule has 0 aliphatic rings. The highest BCUT2D eigenvalue weighted by Crippen LogP contribution is 2.23. The molecule has 0 saturated carbocycles. The van der Waals surface area contributed by atoms with Crippen LogP contribution in [0.3, 0.4) is 0 Å². The van der Waals surface area contributed by atoms with Gasteiger partial charge >= 0.3 is 0 Å². The number of terminal acetylenes is 1. The minimum atomic E-state index is -0.458. The number of thiazole rings is 1. The second-order valence-electron chi connectivity index (χ2n) is 4.69. The number of hydrogen-bond acceptors (Lipinski definition) is 4. The predicted octanol–water partition coefficient (Wildman–Crippen LogP) is 2.86. The fraction of sp³-hybridized carbons (Fsp3) is 0.333. The lowest BCUT2D eigenvalue weighted by atomic mass is 10.2. The second kappa shape index (κ2) is 7.00. The normalized spacial score (nSPS) is 11.5. The molecule has 0 bridgehead atoms. The van der Waals surface area contributed by atoms with E-state index in [2.05, 4.69) is 10.9 Å². The molecule has 0 radical (unpaired) electrons. The number of fused-ring (bicyclic) bond motifs is 1. The fourth-order valence-corrected chi connectivity index (χ4v) is 3.02. The lowest BCUT2D eigenvalue weighted by Crippen LogP contribution is -2.16. The Morgan fingerprint density at radius 1 is 1.55 bits per heavy atom. The third-order valence-electron chi connectivity index (χ3n) is 3.09. The Balaban J connectivity index is 2.57. The number of non-ortho nitro benzene ring substituents is 1. The first-order valence-corrected chi connectivity index (χ1v) is 7.67. The van der Waals surface area contributed by atoms with Gasteiger partial charge < -0.3 is 4.57 Å². The van der Waals surface area contributed by atoms with Gasteiger partial charge in [0.05, 0.1) is 21.7 Å². The summed E-state index contributed by atoms with van der Waals surface area (Å²) >= 11 is 1.30. The molecule has 22 heavy (non-hydrogen) atoms. The SMILES string of the molecule is C#CCn1c(=NC(=O)CCCC)sc2ccc([N+](=O)[O-])cc21. The molecule has 2 aromatic rings. The number of amides is 1. The zero-order chi connectivity index (χ0) is 16.1. The van der Waals surface area contributed by atoms with Crippen molar-refractivity contribution in [1.29, 1.82) is 0 Å². The zero-order valence-electron chi connectivity index (χ0n) is 12.1. The molecule has 0 unspecified atom stereocenters. The molecule has 1 heterocycles. The molecule has 114 valence electrons. The molecule has 1 aromatic carbocycles. The minimum Gasteiger partial charge on any atom is -0.304 e. The number of nitrogens with zero attached hydrogens (tertiary/aromatic N) is 3. The van der Waals surface area contributed by atoms with Crippen LogP contribution in [0, 0.1) is 22.5 Å². The van der Waals surface area contributed by atoms with E-state index in [1.807, 2.05) is 6.92 Å². The molecule has 0 aliphatic heterocycles. The maximum atomic E-state index is 11.8. The van der Waals surface area contributed by atoms with Gasteiger partial charge in [0, 0.05) is 18.6 Å². The number of carbonyl (C=O) groups excluding carboxylic acids is 1. The van der Waals surface area contributed by atoms with Gasteiger partial charge in [0.2, 0.25) is 5.91 Å². The topological polar surface area (TPSA) is 77.5 Å². The first-order valence-electron chi connectivity index (χ1n) is 6.85. The number of aromatic nitrogens is 1. The molecule has 6 nitrogen and oxygen atoms in total. The second-order valence-corrected chi connectivity index (χ2v) is 5.70. The van der Waals surface area contributed by atoms with Gasteiger partial charge in [-0.15, -0.1) is 6.42 Å². The van der Waals surface area contributed by atoms with Gasteiger partial charge in [-0.3, -0.25) is 14.9 Å². The summed E-state index contributed by atoms with van der Waals surface area (Å²) in [6.07, 6.45) is 7.46. The van der Waals surface area contributed by atoms with Gasteiger partial charge in [-0.05, 0) is 12.5 Å². The zero-order valence-corrected chi connectivity index (χ0v) is 12.9. The summed E-state index contributed by atoms with van der Waals surface area (Å²) < 4.78 is 2.47. The number of rotatable bonds is 5. The molecule has 1 aromatic heterocycles. The third kappa shape index (κ3) is 3.40. The Labute approximate surface area is 131 Å². The van der Waals surface area contributed by atoms with Gasteiger partial charge in [-0.1, -0.05) is 30.6 Å². The van der Waals surface area contributed by atoms with Crippen LogP contribution in [0.25, 0.3) is 10.2 Å². The minimum absolute atomic E-state index is 0.0140. The van der Waals surface area contributed by atoms with Crippen LogP contribution in [-0.2, 0) is 11.3 Å². The summed E-state index contributed by atoms with van der Waals surface area (Å²) in [7, 11) is 0. The standard InChI is InChI=1S/C15H15N3O3S/c1-3-5-6-14(19)16-15-17(9-4-2)12-10-11(18(20)21)7-8-13(12)22-15/h2,7-8,10H,3,5-6,9H2,1H3. The highest BCUT2D eigenvalue weighted by atomic mass is 32.1. The fourth-order valence-electron chi connectivity index (χ4n) is 1.99. The molecule has 0 aliphatic carbocycles. The van der Waals surface area contributed by atoms with Crippen LogP contribution in [-0.4, -0.2) is 15.4 Å². The van der Waals surface area contributed by atoms with E-state index in [1.54, 1.807) is 10.6 Å². The first kappa shape index (κ1) is 15.9. The number of nitro benzene ring substituents is 1. The van der Waals surface area contributed by atoms with E-state index in [0.29, 0.717) is 16.7 Å².